The maximum Gasteiger partial charge on any atom is 0.308 e. The molecule has 1 heterocycles. The standard InChI is InChI=1S/C23H24N2O5/c1-14-8-9-19(15(2)12-14)24-22(28)16(3)30-21(27)10-11-25-20(26)13-17-6-4-5-7-18(17)23(25)29/h4-9,12,16H,10-11,13H2,1-3H3,(H,24,28)/t16-/m0/s1. The largest absolute Gasteiger partial charge is 0.452 e. The Balaban J connectivity index is 1.53. The number of rotatable bonds is 6. The van der Waals surface area contributed by atoms with Crippen LogP contribution in [-0.2, 0) is 25.5 Å². The van der Waals surface area contributed by atoms with E-state index in [1.54, 1.807) is 30.3 Å². The number of hydrogen-bond acceptors (Lipinski definition) is 5. The summed E-state index contributed by atoms with van der Waals surface area (Å²) in [6, 6.07) is 12.5. The van der Waals surface area contributed by atoms with Crippen LogP contribution in [0.1, 0.15) is 40.4 Å². The van der Waals surface area contributed by atoms with Crippen LogP contribution >= 0.6 is 0 Å². The number of carbonyl (C=O) groups excluding carboxylic acids is 4. The number of aryl methyl sites for hydroxylation is 2. The van der Waals surface area contributed by atoms with Gasteiger partial charge in [-0.1, -0.05) is 35.9 Å². The number of amides is 3. The molecule has 3 rings (SSSR count). The van der Waals surface area contributed by atoms with E-state index in [9.17, 15) is 19.2 Å². The van der Waals surface area contributed by atoms with E-state index in [0.717, 1.165) is 16.0 Å². The summed E-state index contributed by atoms with van der Waals surface area (Å²) in [6.07, 6.45) is -1.07. The Bertz CT molecular complexity index is 1010. The lowest BCUT2D eigenvalue weighted by Crippen LogP contribution is -2.43. The van der Waals surface area contributed by atoms with Crippen LogP contribution in [0.5, 0.6) is 0 Å². The fourth-order valence-corrected chi connectivity index (χ4v) is 3.33. The summed E-state index contributed by atoms with van der Waals surface area (Å²) in [5.74, 6) is -1.88. The Kier molecular flexibility index (Phi) is 6.30. The van der Waals surface area contributed by atoms with Crippen LogP contribution in [-0.4, -0.2) is 41.2 Å². The minimum absolute atomic E-state index is 0.0871. The molecule has 0 radical (unpaired) electrons. The fourth-order valence-electron chi connectivity index (χ4n) is 3.33. The van der Waals surface area contributed by atoms with Gasteiger partial charge in [0.2, 0.25) is 5.91 Å². The van der Waals surface area contributed by atoms with Crippen molar-refractivity contribution in [1.29, 1.82) is 0 Å². The molecule has 0 unspecified atom stereocenters. The molecule has 1 aliphatic heterocycles. The van der Waals surface area contributed by atoms with Crippen molar-refractivity contribution in [1.82, 2.24) is 4.90 Å². The van der Waals surface area contributed by atoms with Crippen LogP contribution in [0.25, 0.3) is 0 Å². The van der Waals surface area contributed by atoms with E-state index in [1.165, 1.54) is 6.92 Å². The summed E-state index contributed by atoms with van der Waals surface area (Å²) in [7, 11) is 0. The monoisotopic (exact) mass is 408 g/mol. The second kappa shape index (κ2) is 8.90. The average Bonchev–Trinajstić information content (AvgIpc) is 2.69. The van der Waals surface area contributed by atoms with E-state index in [4.69, 9.17) is 4.74 Å². The Morgan fingerprint density at radius 3 is 2.60 bits per heavy atom. The Hall–Kier alpha value is -3.48. The number of ether oxygens (including phenoxy) is 1. The van der Waals surface area contributed by atoms with Crippen LogP contribution in [0.15, 0.2) is 42.5 Å². The second-order valence-corrected chi connectivity index (χ2v) is 7.37. The average molecular weight is 408 g/mol. The number of fused-ring (bicyclic) bond motifs is 1. The van der Waals surface area contributed by atoms with E-state index < -0.39 is 23.9 Å². The summed E-state index contributed by atoms with van der Waals surface area (Å²) in [5, 5.41) is 2.74. The number of benzene rings is 2. The lowest BCUT2D eigenvalue weighted by atomic mass is 9.98. The van der Waals surface area contributed by atoms with Gasteiger partial charge in [-0.05, 0) is 44.0 Å². The molecule has 1 atom stereocenters. The van der Waals surface area contributed by atoms with E-state index in [1.807, 2.05) is 26.0 Å². The molecule has 2 aromatic rings. The summed E-state index contributed by atoms with van der Waals surface area (Å²) in [4.78, 5) is 50.3. The Labute approximate surface area is 175 Å². The van der Waals surface area contributed by atoms with Gasteiger partial charge in [-0.3, -0.25) is 24.1 Å². The molecular weight excluding hydrogens is 384 g/mol. The second-order valence-electron chi connectivity index (χ2n) is 7.37. The van der Waals surface area contributed by atoms with Gasteiger partial charge in [-0.15, -0.1) is 0 Å². The Morgan fingerprint density at radius 1 is 1.13 bits per heavy atom. The van der Waals surface area contributed by atoms with E-state index in [2.05, 4.69) is 5.32 Å². The van der Waals surface area contributed by atoms with Crippen LogP contribution in [0.3, 0.4) is 0 Å². The van der Waals surface area contributed by atoms with Crippen molar-refractivity contribution in [3.05, 3.63) is 64.7 Å². The molecule has 0 aliphatic carbocycles. The molecule has 0 fully saturated rings. The molecule has 7 heteroatoms. The minimum Gasteiger partial charge on any atom is -0.452 e. The van der Waals surface area contributed by atoms with Crippen molar-refractivity contribution in [2.75, 3.05) is 11.9 Å². The van der Waals surface area contributed by atoms with Crippen LogP contribution in [0.2, 0.25) is 0 Å². The quantitative estimate of drug-likeness (QED) is 0.586. The zero-order valence-electron chi connectivity index (χ0n) is 17.2. The summed E-state index contributed by atoms with van der Waals surface area (Å²) < 4.78 is 5.18. The maximum absolute atomic E-state index is 12.5. The van der Waals surface area contributed by atoms with Gasteiger partial charge in [-0.25, -0.2) is 0 Å². The first-order valence-corrected chi connectivity index (χ1v) is 9.76. The fraction of sp³-hybridized carbons (Fsp3) is 0.304. The zero-order chi connectivity index (χ0) is 21.8. The summed E-state index contributed by atoms with van der Waals surface area (Å²) in [5.41, 5.74) is 3.78. The SMILES string of the molecule is Cc1ccc(NC(=O)[C@H](C)OC(=O)CCN2C(=O)Cc3ccccc3C2=O)c(C)c1. The summed E-state index contributed by atoms with van der Waals surface area (Å²) in [6.45, 7) is 5.23. The number of esters is 1. The first-order chi connectivity index (χ1) is 14.3. The van der Waals surface area contributed by atoms with Crippen molar-refractivity contribution in [3.63, 3.8) is 0 Å². The normalized spacial score (nSPS) is 14.2. The van der Waals surface area contributed by atoms with Gasteiger partial charge in [-0.2, -0.15) is 0 Å². The molecule has 0 saturated carbocycles. The molecule has 1 N–H and O–H groups in total. The highest BCUT2D eigenvalue weighted by Gasteiger charge is 2.31. The molecular formula is C23H24N2O5. The van der Waals surface area contributed by atoms with Crippen molar-refractivity contribution in [2.24, 2.45) is 0 Å². The van der Waals surface area contributed by atoms with Gasteiger partial charge in [0.05, 0.1) is 12.8 Å². The van der Waals surface area contributed by atoms with Gasteiger partial charge in [0, 0.05) is 17.8 Å². The van der Waals surface area contributed by atoms with Crippen LogP contribution in [0, 0.1) is 13.8 Å². The molecule has 30 heavy (non-hydrogen) atoms. The first kappa shape index (κ1) is 21.2. The molecule has 2 aromatic carbocycles. The first-order valence-electron chi connectivity index (χ1n) is 9.76. The third-order valence-electron chi connectivity index (χ3n) is 4.99. The molecule has 0 saturated heterocycles. The van der Waals surface area contributed by atoms with Crippen LogP contribution in [0.4, 0.5) is 5.69 Å². The number of nitrogens with one attached hydrogen (secondary N) is 1. The van der Waals surface area contributed by atoms with Crippen molar-refractivity contribution < 1.29 is 23.9 Å². The van der Waals surface area contributed by atoms with Gasteiger partial charge in [0.15, 0.2) is 6.10 Å². The summed E-state index contributed by atoms with van der Waals surface area (Å²) >= 11 is 0. The van der Waals surface area contributed by atoms with E-state index in [0.29, 0.717) is 16.8 Å². The molecule has 3 amide bonds. The third kappa shape index (κ3) is 4.74. The predicted molar refractivity (Wildman–Crippen MR) is 111 cm³/mol. The number of imide groups is 1. The Morgan fingerprint density at radius 2 is 1.87 bits per heavy atom. The van der Waals surface area contributed by atoms with Crippen molar-refractivity contribution in [2.45, 2.75) is 39.7 Å². The van der Waals surface area contributed by atoms with E-state index >= 15 is 0 Å². The minimum atomic E-state index is -1.01. The van der Waals surface area contributed by atoms with E-state index in [-0.39, 0.29) is 25.3 Å². The highest BCUT2D eigenvalue weighted by Crippen LogP contribution is 2.20. The highest BCUT2D eigenvalue weighted by molar-refractivity contribution is 6.09. The number of hydrogen-bond donors (Lipinski definition) is 1. The van der Waals surface area contributed by atoms with Crippen LogP contribution < -0.4 is 5.32 Å². The lowest BCUT2D eigenvalue weighted by Gasteiger charge is -2.26. The molecule has 0 spiro atoms. The zero-order valence-corrected chi connectivity index (χ0v) is 17.2. The highest BCUT2D eigenvalue weighted by atomic mass is 16.5. The molecule has 1 aliphatic rings. The molecule has 0 bridgehead atoms. The molecule has 156 valence electrons. The predicted octanol–water partition coefficient (Wildman–Crippen LogP) is 2.79. The topological polar surface area (TPSA) is 92.8 Å². The van der Waals surface area contributed by atoms with Gasteiger partial charge in [0.1, 0.15) is 0 Å². The van der Waals surface area contributed by atoms with Crippen molar-refractivity contribution in [3.8, 4) is 0 Å². The third-order valence-corrected chi connectivity index (χ3v) is 4.99. The van der Waals surface area contributed by atoms with Crippen molar-refractivity contribution >= 4 is 29.4 Å². The van der Waals surface area contributed by atoms with Gasteiger partial charge >= 0.3 is 5.97 Å². The number of nitrogens with zero attached hydrogens (tertiary/aromatic N) is 1. The maximum atomic E-state index is 12.5. The smallest absolute Gasteiger partial charge is 0.308 e. The number of carbonyl (C=O) groups is 4. The number of anilines is 1. The van der Waals surface area contributed by atoms with Gasteiger partial charge in [0.25, 0.3) is 11.8 Å². The molecule has 7 nitrogen and oxygen atoms in total. The van der Waals surface area contributed by atoms with Gasteiger partial charge < -0.3 is 10.1 Å². The molecule has 0 aromatic heterocycles. The lowest BCUT2D eigenvalue weighted by molar-refractivity contribution is -0.153.